The smallest absolute Gasteiger partial charge is 0.414 e. The number of rotatable bonds is 5. The molecular formula is C21H19FN8O3. The minimum atomic E-state index is -0.581. The Bertz CT molecular complexity index is 1380. The van der Waals surface area contributed by atoms with Crippen LogP contribution in [0.25, 0.3) is 28.3 Å². The van der Waals surface area contributed by atoms with Crippen molar-refractivity contribution in [3.8, 4) is 22.6 Å². The van der Waals surface area contributed by atoms with Gasteiger partial charge < -0.3 is 14.5 Å². The number of ether oxygens (including phenoxy) is 1. The molecule has 4 aromatic rings. The standard InChI is InChI=1S/C21H19FN8O3/c1-12(31)23-8-15-10-30(21(32)33-15)14-4-5-16(17(22)7-14)13-3-6-19-24-18(11-29(19)9-13)20-25-27-28(2)26-20/h3-7,9,11,15H,8,10H2,1-2H3,(H,23,31)/t15-/m0/s1. The summed E-state index contributed by atoms with van der Waals surface area (Å²) in [5.41, 5.74) is 2.60. The number of hydrogen-bond acceptors (Lipinski definition) is 7. The highest BCUT2D eigenvalue weighted by Crippen LogP contribution is 2.29. The molecule has 1 atom stereocenters. The molecule has 0 aliphatic carbocycles. The predicted molar refractivity (Wildman–Crippen MR) is 115 cm³/mol. The van der Waals surface area contributed by atoms with Crippen LogP contribution in [0.15, 0.2) is 42.7 Å². The lowest BCUT2D eigenvalue weighted by atomic mass is 10.1. The molecule has 1 aliphatic rings. The van der Waals surface area contributed by atoms with Crippen LogP contribution in [0, 0.1) is 5.82 Å². The molecule has 4 heterocycles. The fraction of sp³-hybridized carbons (Fsp3) is 0.238. The number of amides is 2. The molecule has 0 spiro atoms. The number of halogens is 1. The Morgan fingerprint density at radius 1 is 1.27 bits per heavy atom. The summed E-state index contributed by atoms with van der Waals surface area (Å²) in [4.78, 5) is 30.4. The zero-order valence-corrected chi connectivity index (χ0v) is 17.8. The van der Waals surface area contributed by atoms with Crippen LogP contribution in [-0.4, -0.2) is 60.8 Å². The average molecular weight is 450 g/mol. The average Bonchev–Trinajstić information content (AvgIpc) is 3.49. The third-order valence-electron chi connectivity index (χ3n) is 5.22. The van der Waals surface area contributed by atoms with Gasteiger partial charge in [0, 0.05) is 30.4 Å². The molecule has 2 amide bonds. The van der Waals surface area contributed by atoms with Crippen molar-refractivity contribution >= 4 is 23.3 Å². The predicted octanol–water partition coefficient (Wildman–Crippen LogP) is 1.79. The second-order valence-electron chi connectivity index (χ2n) is 7.63. The van der Waals surface area contributed by atoms with Crippen molar-refractivity contribution in [3.63, 3.8) is 0 Å². The Morgan fingerprint density at radius 2 is 2.12 bits per heavy atom. The van der Waals surface area contributed by atoms with Crippen LogP contribution in [0.5, 0.6) is 0 Å². The molecular weight excluding hydrogens is 431 g/mol. The van der Waals surface area contributed by atoms with Gasteiger partial charge in [-0.2, -0.15) is 4.80 Å². The number of tetrazole rings is 1. The van der Waals surface area contributed by atoms with Crippen molar-refractivity contribution in [2.45, 2.75) is 13.0 Å². The van der Waals surface area contributed by atoms with E-state index in [-0.39, 0.29) is 19.0 Å². The summed E-state index contributed by atoms with van der Waals surface area (Å²) in [6.07, 6.45) is 2.43. The third-order valence-corrected chi connectivity index (χ3v) is 5.22. The summed E-state index contributed by atoms with van der Waals surface area (Å²) in [6.45, 7) is 1.81. The van der Waals surface area contributed by atoms with Gasteiger partial charge in [-0.3, -0.25) is 9.69 Å². The number of hydrogen-bond donors (Lipinski definition) is 1. The van der Waals surface area contributed by atoms with Gasteiger partial charge in [-0.25, -0.2) is 14.2 Å². The van der Waals surface area contributed by atoms with E-state index in [1.165, 1.54) is 22.7 Å². The largest absolute Gasteiger partial charge is 0.442 e. The van der Waals surface area contributed by atoms with Crippen LogP contribution in [0.4, 0.5) is 14.9 Å². The molecule has 0 bridgehead atoms. The number of anilines is 1. The van der Waals surface area contributed by atoms with Crippen LogP contribution in [0.1, 0.15) is 6.92 Å². The number of benzene rings is 1. The first kappa shape index (κ1) is 20.5. The van der Waals surface area contributed by atoms with Gasteiger partial charge in [-0.15, -0.1) is 10.2 Å². The van der Waals surface area contributed by atoms with Crippen LogP contribution in [0.2, 0.25) is 0 Å². The molecule has 12 heteroatoms. The van der Waals surface area contributed by atoms with Gasteiger partial charge in [0.2, 0.25) is 11.7 Å². The monoisotopic (exact) mass is 450 g/mol. The lowest BCUT2D eigenvalue weighted by Gasteiger charge is -2.14. The number of nitrogens with one attached hydrogen (secondary N) is 1. The zero-order valence-electron chi connectivity index (χ0n) is 17.8. The Hall–Kier alpha value is -4.35. The fourth-order valence-electron chi connectivity index (χ4n) is 3.65. The Labute approximate surface area is 186 Å². The SMILES string of the molecule is CC(=O)NC[C@H]1CN(c2ccc(-c3ccc4nc(-c5nnn(C)n5)cn4c3)c(F)c2)C(=O)O1. The number of nitrogens with zero attached hydrogens (tertiary/aromatic N) is 7. The molecule has 0 unspecified atom stereocenters. The molecule has 5 rings (SSSR count). The number of aryl methyl sites for hydroxylation is 1. The van der Waals surface area contributed by atoms with Crippen molar-refractivity contribution in [2.75, 3.05) is 18.0 Å². The van der Waals surface area contributed by atoms with Crippen molar-refractivity contribution in [1.29, 1.82) is 0 Å². The maximum atomic E-state index is 15.0. The molecule has 168 valence electrons. The van der Waals surface area contributed by atoms with E-state index in [9.17, 15) is 9.59 Å². The van der Waals surface area contributed by atoms with E-state index in [1.54, 1.807) is 48.1 Å². The highest BCUT2D eigenvalue weighted by molar-refractivity contribution is 5.90. The van der Waals surface area contributed by atoms with Gasteiger partial charge in [0.1, 0.15) is 23.3 Å². The molecule has 1 N–H and O–H groups in total. The minimum absolute atomic E-state index is 0.204. The number of carbonyl (C=O) groups is 2. The van der Waals surface area contributed by atoms with Crippen LogP contribution in [-0.2, 0) is 16.6 Å². The van der Waals surface area contributed by atoms with E-state index in [4.69, 9.17) is 4.74 Å². The minimum Gasteiger partial charge on any atom is -0.442 e. The molecule has 1 aromatic carbocycles. The highest BCUT2D eigenvalue weighted by Gasteiger charge is 2.32. The Kier molecular flexibility index (Phi) is 4.96. The van der Waals surface area contributed by atoms with Crippen molar-refractivity contribution in [2.24, 2.45) is 7.05 Å². The first-order valence-corrected chi connectivity index (χ1v) is 10.1. The third kappa shape index (κ3) is 3.97. The first-order chi connectivity index (χ1) is 15.9. The van der Waals surface area contributed by atoms with Gasteiger partial charge in [-0.1, -0.05) is 0 Å². The van der Waals surface area contributed by atoms with Gasteiger partial charge in [0.15, 0.2) is 0 Å². The molecule has 0 saturated carbocycles. The lowest BCUT2D eigenvalue weighted by Crippen LogP contribution is -2.33. The molecule has 1 fully saturated rings. The number of fused-ring (bicyclic) bond motifs is 1. The van der Waals surface area contributed by atoms with E-state index < -0.39 is 18.0 Å². The molecule has 33 heavy (non-hydrogen) atoms. The van der Waals surface area contributed by atoms with E-state index >= 15 is 4.39 Å². The highest BCUT2D eigenvalue weighted by atomic mass is 19.1. The summed E-state index contributed by atoms with van der Waals surface area (Å²) in [7, 11) is 1.67. The number of imidazole rings is 1. The van der Waals surface area contributed by atoms with E-state index in [2.05, 4.69) is 25.7 Å². The van der Waals surface area contributed by atoms with Crippen molar-refractivity contribution < 1.29 is 18.7 Å². The maximum Gasteiger partial charge on any atom is 0.414 e. The summed E-state index contributed by atoms with van der Waals surface area (Å²) in [5.74, 6) is -0.302. The van der Waals surface area contributed by atoms with E-state index in [1.807, 2.05) is 0 Å². The van der Waals surface area contributed by atoms with E-state index in [0.29, 0.717) is 34.0 Å². The molecule has 1 saturated heterocycles. The van der Waals surface area contributed by atoms with Gasteiger partial charge in [-0.05, 0) is 35.5 Å². The fourth-order valence-corrected chi connectivity index (χ4v) is 3.65. The number of aromatic nitrogens is 6. The number of carbonyl (C=O) groups excluding carboxylic acids is 2. The Balaban J connectivity index is 1.39. The lowest BCUT2D eigenvalue weighted by molar-refractivity contribution is -0.119. The quantitative estimate of drug-likeness (QED) is 0.492. The molecule has 0 radical (unpaired) electrons. The Morgan fingerprint density at radius 3 is 2.85 bits per heavy atom. The van der Waals surface area contributed by atoms with Gasteiger partial charge in [0.05, 0.1) is 25.8 Å². The summed E-state index contributed by atoms with van der Waals surface area (Å²) >= 11 is 0. The molecule has 11 nitrogen and oxygen atoms in total. The number of cyclic esters (lactones) is 1. The maximum absolute atomic E-state index is 15.0. The van der Waals surface area contributed by atoms with E-state index in [0.717, 1.165) is 0 Å². The van der Waals surface area contributed by atoms with Crippen molar-refractivity contribution in [1.82, 2.24) is 34.9 Å². The van der Waals surface area contributed by atoms with Crippen LogP contribution >= 0.6 is 0 Å². The van der Waals surface area contributed by atoms with Crippen LogP contribution in [0.3, 0.4) is 0 Å². The number of pyridine rings is 1. The second-order valence-corrected chi connectivity index (χ2v) is 7.63. The first-order valence-electron chi connectivity index (χ1n) is 10.1. The van der Waals surface area contributed by atoms with Crippen molar-refractivity contribution in [3.05, 3.63) is 48.5 Å². The molecule has 1 aliphatic heterocycles. The molecule has 3 aromatic heterocycles. The summed E-state index contributed by atoms with van der Waals surface area (Å²) < 4.78 is 22.1. The summed E-state index contributed by atoms with van der Waals surface area (Å²) in [6, 6.07) is 8.11. The normalized spacial score (nSPS) is 15.8. The second kappa shape index (κ2) is 7.97. The van der Waals surface area contributed by atoms with Gasteiger partial charge in [0.25, 0.3) is 0 Å². The summed E-state index contributed by atoms with van der Waals surface area (Å²) in [5, 5.41) is 14.5. The van der Waals surface area contributed by atoms with Crippen LogP contribution < -0.4 is 10.2 Å². The topological polar surface area (TPSA) is 120 Å². The van der Waals surface area contributed by atoms with Gasteiger partial charge >= 0.3 is 6.09 Å². The zero-order chi connectivity index (χ0) is 23.1.